The second kappa shape index (κ2) is 12.4. The van der Waals surface area contributed by atoms with Gasteiger partial charge in [-0.05, 0) is 36.2 Å². The third kappa shape index (κ3) is 6.68. The van der Waals surface area contributed by atoms with Gasteiger partial charge in [-0.25, -0.2) is 4.39 Å². The lowest BCUT2D eigenvalue weighted by molar-refractivity contribution is 0.0170. The van der Waals surface area contributed by atoms with Crippen LogP contribution in [0.15, 0.2) is 53.5 Å². The maximum absolute atomic E-state index is 13.5. The number of methoxy groups -OCH3 is 1. The van der Waals surface area contributed by atoms with E-state index in [-0.39, 0.29) is 17.8 Å². The van der Waals surface area contributed by atoms with E-state index in [4.69, 9.17) is 14.5 Å². The molecule has 1 fully saturated rings. The van der Waals surface area contributed by atoms with Crippen molar-refractivity contribution in [3.8, 4) is 5.75 Å². The van der Waals surface area contributed by atoms with Gasteiger partial charge in [-0.3, -0.25) is 9.89 Å². The molecule has 0 amide bonds. The van der Waals surface area contributed by atoms with E-state index < -0.39 is 0 Å². The first-order valence-electron chi connectivity index (χ1n) is 11.3. The SMILES string of the molecule is CCNC(=NCC(C)c1ccccc1OC)NCC(c1ccc(F)cc1)N1CCOCC1. The smallest absolute Gasteiger partial charge is 0.191 e. The van der Waals surface area contributed by atoms with E-state index in [0.717, 1.165) is 42.5 Å². The Kier molecular flexibility index (Phi) is 9.31. The Morgan fingerprint density at radius 1 is 1.12 bits per heavy atom. The molecule has 1 saturated heterocycles. The summed E-state index contributed by atoms with van der Waals surface area (Å²) in [6.45, 7) is 9.40. The monoisotopic (exact) mass is 442 g/mol. The highest BCUT2D eigenvalue weighted by Crippen LogP contribution is 2.26. The second-order valence-electron chi connectivity index (χ2n) is 7.96. The van der Waals surface area contributed by atoms with Gasteiger partial charge in [-0.1, -0.05) is 37.3 Å². The molecule has 32 heavy (non-hydrogen) atoms. The fourth-order valence-electron chi connectivity index (χ4n) is 3.97. The Morgan fingerprint density at radius 2 is 1.84 bits per heavy atom. The summed E-state index contributed by atoms with van der Waals surface area (Å²) >= 11 is 0. The third-order valence-corrected chi connectivity index (χ3v) is 5.74. The van der Waals surface area contributed by atoms with Crippen LogP contribution in [0.1, 0.15) is 36.9 Å². The number of guanidine groups is 1. The number of hydrogen-bond donors (Lipinski definition) is 2. The minimum absolute atomic E-state index is 0.106. The zero-order valence-corrected chi connectivity index (χ0v) is 19.3. The lowest BCUT2D eigenvalue weighted by Crippen LogP contribution is -2.46. The van der Waals surface area contributed by atoms with Crippen molar-refractivity contribution < 1.29 is 13.9 Å². The summed E-state index contributed by atoms with van der Waals surface area (Å²) in [6, 6.07) is 15.0. The molecule has 174 valence electrons. The van der Waals surface area contributed by atoms with Gasteiger partial charge in [0.05, 0.1) is 26.4 Å². The number of rotatable bonds is 9. The predicted octanol–water partition coefficient (Wildman–Crippen LogP) is 3.57. The van der Waals surface area contributed by atoms with E-state index in [2.05, 4.69) is 35.4 Å². The van der Waals surface area contributed by atoms with Crippen LogP contribution in [-0.2, 0) is 4.74 Å². The minimum Gasteiger partial charge on any atom is -0.496 e. The zero-order valence-electron chi connectivity index (χ0n) is 19.3. The Balaban J connectivity index is 1.70. The summed E-state index contributed by atoms with van der Waals surface area (Å²) in [5.41, 5.74) is 2.23. The van der Waals surface area contributed by atoms with Crippen molar-refractivity contribution in [2.45, 2.75) is 25.8 Å². The van der Waals surface area contributed by atoms with Crippen LogP contribution in [0, 0.1) is 5.82 Å². The Labute approximate surface area is 190 Å². The molecular weight excluding hydrogens is 407 g/mol. The van der Waals surface area contributed by atoms with Crippen molar-refractivity contribution in [3.63, 3.8) is 0 Å². The van der Waals surface area contributed by atoms with Crippen LogP contribution < -0.4 is 15.4 Å². The number of nitrogens with zero attached hydrogens (tertiary/aromatic N) is 2. The maximum Gasteiger partial charge on any atom is 0.191 e. The molecule has 6 nitrogen and oxygen atoms in total. The largest absolute Gasteiger partial charge is 0.496 e. The van der Waals surface area contributed by atoms with Crippen LogP contribution in [0.3, 0.4) is 0 Å². The Bertz CT molecular complexity index is 853. The highest BCUT2D eigenvalue weighted by Gasteiger charge is 2.23. The highest BCUT2D eigenvalue weighted by atomic mass is 19.1. The van der Waals surface area contributed by atoms with Gasteiger partial charge in [-0.2, -0.15) is 0 Å². The standard InChI is InChI=1S/C25H35FN4O2/c1-4-27-25(28-17-19(2)22-7-5-6-8-24(22)31-3)29-18-23(30-13-15-32-16-14-30)20-9-11-21(26)12-10-20/h5-12,19,23H,4,13-18H2,1-3H3,(H2,27,28,29). The summed E-state index contributed by atoms with van der Waals surface area (Å²) in [5, 5.41) is 6.84. The van der Waals surface area contributed by atoms with Gasteiger partial charge in [0.2, 0.25) is 0 Å². The molecule has 7 heteroatoms. The quantitative estimate of drug-likeness (QED) is 0.459. The van der Waals surface area contributed by atoms with Gasteiger partial charge < -0.3 is 20.1 Å². The summed E-state index contributed by atoms with van der Waals surface area (Å²) in [7, 11) is 1.70. The van der Waals surface area contributed by atoms with Gasteiger partial charge >= 0.3 is 0 Å². The fourth-order valence-corrected chi connectivity index (χ4v) is 3.97. The van der Waals surface area contributed by atoms with E-state index in [9.17, 15) is 4.39 Å². The van der Waals surface area contributed by atoms with Gasteiger partial charge in [-0.15, -0.1) is 0 Å². The zero-order chi connectivity index (χ0) is 22.8. The first-order chi connectivity index (χ1) is 15.6. The average Bonchev–Trinajstić information content (AvgIpc) is 2.84. The Morgan fingerprint density at radius 3 is 2.53 bits per heavy atom. The number of morpholine rings is 1. The van der Waals surface area contributed by atoms with Crippen molar-refractivity contribution in [2.75, 3.05) is 53.0 Å². The molecule has 1 heterocycles. The number of halogens is 1. The van der Waals surface area contributed by atoms with Crippen molar-refractivity contribution in [1.29, 1.82) is 0 Å². The maximum atomic E-state index is 13.5. The number of nitrogens with one attached hydrogen (secondary N) is 2. The molecule has 0 radical (unpaired) electrons. The van der Waals surface area contributed by atoms with Gasteiger partial charge in [0.25, 0.3) is 0 Å². The van der Waals surface area contributed by atoms with E-state index in [1.165, 1.54) is 12.1 Å². The number of ether oxygens (including phenoxy) is 2. The van der Waals surface area contributed by atoms with Crippen LogP contribution >= 0.6 is 0 Å². The molecule has 1 aliphatic rings. The molecule has 2 aromatic carbocycles. The van der Waals surface area contributed by atoms with Crippen LogP contribution in [0.25, 0.3) is 0 Å². The van der Waals surface area contributed by atoms with Crippen LogP contribution in [0.4, 0.5) is 4.39 Å². The molecule has 0 aliphatic carbocycles. The van der Waals surface area contributed by atoms with Crippen molar-refractivity contribution in [1.82, 2.24) is 15.5 Å². The number of hydrogen-bond acceptors (Lipinski definition) is 4. The lowest BCUT2D eigenvalue weighted by atomic mass is 10.0. The summed E-state index contributed by atoms with van der Waals surface area (Å²) < 4.78 is 24.5. The van der Waals surface area contributed by atoms with Crippen LogP contribution in [0.5, 0.6) is 5.75 Å². The lowest BCUT2D eigenvalue weighted by Gasteiger charge is -2.35. The van der Waals surface area contributed by atoms with E-state index in [1.807, 2.05) is 30.3 Å². The number of aliphatic imine (C=N–C) groups is 1. The molecule has 0 aromatic heterocycles. The molecule has 2 atom stereocenters. The molecule has 1 aliphatic heterocycles. The molecule has 3 rings (SSSR count). The van der Waals surface area contributed by atoms with E-state index in [1.54, 1.807) is 7.11 Å². The van der Waals surface area contributed by atoms with Crippen molar-refractivity contribution in [3.05, 3.63) is 65.5 Å². The molecule has 0 spiro atoms. The van der Waals surface area contributed by atoms with Crippen molar-refractivity contribution in [2.24, 2.45) is 4.99 Å². The molecular formula is C25H35FN4O2. The highest BCUT2D eigenvalue weighted by molar-refractivity contribution is 5.79. The summed E-state index contributed by atoms with van der Waals surface area (Å²) in [4.78, 5) is 7.21. The van der Waals surface area contributed by atoms with Gasteiger partial charge in [0.1, 0.15) is 11.6 Å². The van der Waals surface area contributed by atoms with Crippen LogP contribution in [0.2, 0.25) is 0 Å². The molecule has 2 N–H and O–H groups in total. The summed E-state index contributed by atoms with van der Waals surface area (Å²) in [5.74, 6) is 1.66. The number of para-hydroxylation sites is 1. The van der Waals surface area contributed by atoms with E-state index >= 15 is 0 Å². The molecule has 2 aromatic rings. The molecule has 2 unspecified atom stereocenters. The van der Waals surface area contributed by atoms with Gasteiger partial charge in [0, 0.05) is 38.6 Å². The van der Waals surface area contributed by atoms with Gasteiger partial charge in [0.15, 0.2) is 5.96 Å². The molecule has 0 saturated carbocycles. The Hall–Kier alpha value is -2.64. The molecule has 0 bridgehead atoms. The predicted molar refractivity (Wildman–Crippen MR) is 127 cm³/mol. The first kappa shape index (κ1) is 24.0. The third-order valence-electron chi connectivity index (χ3n) is 5.74. The van der Waals surface area contributed by atoms with Crippen LogP contribution in [-0.4, -0.2) is 63.9 Å². The second-order valence-corrected chi connectivity index (χ2v) is 7.96. The normalized spacial score (nSPS) is 16.9. The summed E-state index contributed by atoms with van der Waals surface area (Å²) in [6.07, 6.45) is 0. The first-order valence-corrected chi connectivity index (χ1v) is 11.3. The number of benzene rings is 2. The fraction of sp³-hybridized carbons (Fsp3) is 0.480. The average molecular weight is 443 g/mol. The van der Waals surface area contributed by atoms with Crippen molar-refractivity contribution >= 4 is 5.96 Å². The minimum atomic E-state index is -0.220. The topological polar surface area (TPSA) is 58.1 Å². The van der Waals surface area contributed by atoms with E-state index in [0.29, 0.717) is 26.3 Å².